The van der Waals surface area contributed by atoms with Crippen LogP contribution in [0.1, 0.15) is 26.7 Å². The Morgan fingerprint density at radius 2 is 1.84 bits per heavy atom. The molecule has 3 aromatic rings. The summed E-state index contributed by atoms with van der Waals surface area (Å²) >= 11 is 0. The Morgan fingerprint density at radius 3 is 2.44 bits per heavy atom. The summed E-state index contributed by atoms with van der Waals surface area (Å²) < 4.78 is 61.2. The number of nitrogens with one attached hydrogen (secondary N) is 2. The Bertz CT molecular complexity index is 1220. The van der Waals surface area contributed by atoms with Crippen molar-refractivity contribution >= 4 is 32.5 Å². The van der Waals surface area contributed by atoms with E-state index in [4.69, 9.17) is 5.73 Å². The number of anilines is 2. The lowest BCUT2D eigenvalue weighted by Gasteiger charge is -2.14. The van der Waals surface area contributed by atoms with E-state index in [1.807, 2.05) is 4.57 Å². The molecule has 0 amide bonds. The lowest BCUT2D eigenvalue weighted by atomic mass is 10.1. The molecule has 1 saturated carbocycles. The summed E-state index contributed by atoms with van der Waals surface area (Å²) in [7, 11) is -3.68. The van der Waals surface area contributed by atoms with Crippen LogP contribution in [-0.4, -0.2) is 25.6 Å². The van der Waals surface area contributed by atoms with E-state index in [2.05, 4.69) is 14.2 Å². The molecule has 0 radical (unpaired) electrons. The number of nitrogens with two attached hydrogens (primary N) is 1. The van der Waals surface area contributed by atoms with Crippen LogP contribution in [0.25, 0.3) is 22.2 Å². The molecule has 0 aliphatic heterocycles. The van der Waals surface area contributed by atoms with E-state index >= 15 is 0 Å². The topological polar surface area (TPSA) is 98.4 Å². The molecule has 2 aromatic carbocycles. The summed E-state index contributed by atoms with van der Waals surface area (Å²) in [6.07, 6.45) is 2.21. The first kappa shape index (κ1) is 22.3. The van der Waals surface area contributed by atoms with E-state index in [1.54, 1.807) is 50.2 Å². The highest BCUT2D eigenvalue weighted by Gasteiger charge is 2.26. The highest BCUT2D eigenvalue weighted by Crippen LogP contribution is 2.41. The fourth-order valence-electron chi connectivity index (χ4n) is 3.78. The van der Waals surface area contributed by atoms with Crippen molar-refractivity contribution in [3.05, 3.63) is 42.5 Å². The molecule has 0 atom stereocenters. The van der Waals surface area contributed by atoms with Crippen molar-refractivity contribution < 1.29 is 21.9 Å². The zero-order valence-corrected chi connectivity index (χ0v) is 18.6. The molecule has 1 aromatic heterocycles. The van der Waals surface area contributed by atoms with E-state index in [0.717, 1.165) is 35.0 Å². The lowest BCUT2D eigenvalue weighted by molar-refractivity contribution is -0.0497. The molecule has 10 heteroatoms. The number of nitrogens with zero attached hydrogens (tertiary/aromatic N) is 1. The molecular weight excluding hydrogens is 438 g/mol. The van der Waals surface area contributed by atoms with Crippen molar-refractivity contribution in [2.45, 2.75) is 45.9 Å². The second-order valence-corrected chi connectivity index (χ2v) is 9.78. The Morgan fingerprint density at radius 1 is 1.16 bits per heavy atom. The molecule has 0 spiro atoms. The second-order valence-electron chi connectivity index (χ2n) is 8.33. The van der Waals surface area contributed by atoms with Gasteiger partial charge in [-0.3, -0.25) is 4.72 Å². The summed E-state index contributed by atoms with van der Waals surface area (Å²) in [5.74, 6) is 0.590. The fraction of sp³-hybridized carbons (Fsp3) is 0.364. The van der Waals surface area contributed by atoms with Gasteiger partial charge in [0.05, 0.1) is 16.9 Å². The fourth-order valence-corrected chi connectivity index (χ4v) is 4.91. The van der Waals surface area contributed by atoms with Crippen molar-refractivity contribution in [1.82, 2.24) is 9.29 Å². The minimum absolute atomic E-state index is 0.0796. The number of rotatable bonds is 9. The molecule has 1 heterocycles. The smallest absolute Gasteiger partial charge is 0.387 e. The van der Waals surface area contributed by atoms with Gasteiger partial charge >= 0.3 is 6.61 Å². The molecule has 32 heavy (non-hydrogen) atoms. The molecule has 1 fully saturated rings. The zero-order chi connectivity index (χ0) is 23.0. The average Bonchev–Trinajstić information content (AvgIpc) is 3.46. The van der Waals surface area contributed by atoms with Crippen LogP contribution in [0.5, 0.6) is 5.75 Å². The SMILES string of the molecule is CC(C)NS(=O)(=O)Nc1ccc(-c2c(N)c3ccc(OC(F)F)cc3n2CC2CC2)cc1. The van der Waals surface area contributed by atoms with Gasteiger partial charge in [-0.2, -0.15) is 21.9 Å². The van der Waals surface area contributed by atoms with Gasteiger partial charge in [0, 0.05) is 35.3 Å². The third kappa shape index (κ3) is 4.97. The van der Waals surface area contributed by atoms with E-state index in [0.29, 0.717) is 23.8 Å². The van der Waals surface area contributed by atoms with Crippen molar-refractivity contribution in [3.63, 3.8) is 0 Å². The van der Waals surface area contributed by atoms with Gasteiger partial charge < -0.3 is 15.0 Å². The average molecular weight is 465 g/mol. The summed E-state index contributed by atoms with van der Waals surface area (Å²) in [4.78, 5) is 0. The minimum atomic E-state index is -3.68. The molecule has 1 aliphatic carbocycles. The van der Waals surface area contributed by atoms with Crippen molar-refractivity contribution in [2.24, 2.45) is 5.92 Å². The van der Waals surface area contributed by atoms with Crippen LogP contribution in [0.15, 0.2) is 42.5 Å². The number of aromatic nitrogens is 1. The van der Waals surface area contributed by atoms with Crippen molar-refractivity contribution in [2.75, 3.05) is 10.5 Å². The summed E-state index contributed by atoms with van der Waals surface area (Å²) in [5, 5.41) is 0.758. The normalized spacial score (nSPS) is 14.4. The molecule has 4 rings (SSSR count). The third-order valence-corrected chi connectivity index (χ3v) is 6.53. The molecule has 172 valence electrons. The van der Waals surface area contributed by atoms with Crippen LogP contribution in [0.2, 0.25) is 0 Å². The van der Waals surface area contributed by atoms with Gasteiger partial charge in [-0.25, -0.2) is 0 Å². The van der Waals surface area contributed by atoms with Gasteiger partial charge in [0.15, 0.2) is 0 Å². The summed E-state index contributed by atoms with van der Waals surface area (Å²) in [6.45, 7) is 1.29. The third-order valence-electron chi connectivity index (χ3n) is 5.24. The number of fused-ring (bicyclic) bond motifs is 1. The Hall–Kier alpha value is -2.85. The number of nitrogen functional groups attached to an aromatic ring is 1. The summed E-state index contributed by atoms with van der Waals surface area (Å²) in [6, 6.07) is 11.4. The number of hydrogen-bond acceptors (Lipinski definition) is 4. The quantitative estimate of drug-likeness (QED) is 0.432. The first-order valence-electron chi connectivity index (χ1n) is 10.4. The highest BCUT2D eigenvalue weighted by molar-refractivity contribution is 7.90. The standard InChI is InChI=1S/C22H26F2N4O3S/c1-13(2)26-32(29,30)27-16-7-5-15(6-8-16)21-20(25)18-10-9-17(31-22(23)24)11-19(18)28(21)12-14-3-4-14/h5-11,13-14,22,26-27H,3-4,12,25H2,1-2H3. The van der Waals surface area contributed by atoms with Crippen LogP contribution >= 0.6 is 0 Å². The van der Waals surface area contributed by atoms with E-state index in [1.165, 1.54) is 6.07 Å². The molecule has 0 unspecified atom stereocenters. The van der Waals surface area contributed by atoms with Crippen molar-refractivity contribution in [1.29, 1.82) is 0 Å². The van der Waals surface area contributed by atoms with E-state index in [9.17, 15) is 17.2 Å². The van der Waals surface area contributed by atoms with Crippen LogP contribution in [0.3, 0.4) is 0 Å². The Labute approximate surface area is 185 Å². The maximum Gasteiger partial charge on any atom is 0.387 e. The highest BCUT2D eigenvalue weighted by atomic mass is 32.2. The maximum absolute atomic E-state index is 12.7. The minimum Gasteiger partial charge on any atom is -0.435 e. The van der Waals surface area contributed by atoms with Gasteiger partial charge in [0.1, 0.15) is 5.75 Å². The molecule has 0 saturated heterocycles. The number of halogens is 2. The summed E-state index contributed by atoms with van der Waals surface area (Å²) in [5.41, 5.74) is 9.74. The lowest BCUT2D eigenvalue weighted by Crippen LogP contribution is -2.35. The largest absolute Gasteiger partial charge is 0.435 e. The van der Waals surface area contributed by atoms with Gasteiger partial charge in [-0.15, -0.1) is 0 Å². The Balaban J connectivity index is 1.72. The van der Waals surface area contributed by atoms with Gasteiger partial charge in [-0.1, -0.05) is 12.1 Å². The van der Waals surface area contributed by atoms with Crippen molar-refractivity contribution in [3.8, 4) is 17.0 Å². The molecule has 4 N–H and O–H groups in total. The zero-order valence-electron chi connectivity index (χ0n) is 17.8. The monoisotopic (exact) mass is 464 g/mol. The molecular formula is C22H26F2N4O3S. The first-order valence-corrected chi connectivity index (χ1v) is 11.9. The van der Waals surface area contributed by atoms with Crippen LogP contribution in [0.4, 0.5) is 20.2 Å². The van der Waals surface area contributed by atoms with Crippen LogP contribution in [0, 0.1) is 5.92 Å². The molecule has 1 aliphatic rings. The van der Waals surface area contributed by atoms with Gasteiger partial charge in [0.25, 0.3) is 10.2 Å². The van der Waals surface area contributed by atoms with E-state index in [-0.39, 0.29) is 11.8 Å². The van der Waals surface area contributed by atoms with Gasteiger partial charge in [-0.05, 0) is 56.9 Å². The van der Waals surface area contributed by atoms with Crippen LogP contribution < -0.4 is 19.9 Å². The molecule has 0 bridgehead atoms. The second kappa shape index (κ2) is 8.59. The van der Waals surface area contributed by atoms with Gasteiger partial charge in [0.2, 0.25) is 0 Å². The molecule has 7 nitrogen and oxygen atoms in total. The predicted molar refractivity (Wildman–Crippen MR) is 122 cm³/mol. The maximum atomic E-state index is 12.7. The number of hydrogen-bond donors (Lipinski definition) is 3. The Kier molecular flexibility index (Phi) is 6.00. The van der Waals surface area contributed by atoms with Crippen LogP contribution in [-0.2, 0) is 16.8 Å². The number of ether oxygens (including phenoxy) is 1. The predicted octanol–water partition coefficient (Wildman–Crippen LogP) is 4.56. The number of alkyl halides is 2. The van der Waals surface area contributed by atoms with E-state index < -0.39 is 16.8 Å². The number of benzene rings is 2. The first-order chi connectivity index (χ1) is 15.1.